The molecule has 0 saturated carbocycles. The lowest BCUT2D eigenvalue weighted by Crippen LogP contribution is -1.85. The minimum absolute atomic E-state index is 0.515. The van der Waals surface area contributed by atoms with Crippen LogP contribution in [-0.2, 0) is 0 Å². The fourth-order valence-electron chi connectivity index (χ4n) is 1.78. The van der Waals surface area contributed by atoms with Gasteiger partial charge in [-0.2, -0.15) is 5.11 Å². The van der Waals surface area contributed by atoms with Crippen LogP contribution in [-0.4, -0.2) is 22.5 Å². The van der Waals surface area contributed by atoms with Gasteiger partial charge in [0, 0.05) is 0 Å². The van der Waals surface area contributed by atoms with Gasteiger partial charge < -0.3 is 10.5 Å². The average Bonchev–Trinajstić information content (AvgIpc) is 2.95. The van der Waals surface area contributed by atoms with E-state index in [1.807, 2.05) is 24.3 Å². The fourth-order valence-corrected chi connectivity index (χ4v) is 1.78. The highest BCUT2D eigenvalue weighted by Gasteiger charge is 2.07. The number of aromatic nitrogens is 3. The van der Waals surface area contributed by atoms with E-state index < -0.39 is 0 Å². The Labute approximate surface area is 114 Å². The zero-order valence-corrected chi connectivity index (χ0v) is 10.7. The van der Waals surface area contributed by atoms with Crippen LogP contribution in [0.15, 0.2) is 46.6 Å². The maximum absolute atomic E-state index is 5.91. The number of nitrogens with one attached hydrogen (secondary N) is 1. The smallest absolute Gasteiger partial charge is 0.136 e. The number of hydrogen-bond acceptors (Lipinski definition) is 6. The second-order valence-electron chi connectivity index (χ2n) is 4.11. The maximum Gasteiger partial charge on any atom is 0.136 e. The fraction of sp³-hybridized carbons (Fsp3) is 0.0769. The number of nitrogens with two attached hydrogens (primary N) is 1. The first-order valence-electron chi connectivity index (χ1n) is 5.93. The van der Waals surface area contributed by atoms with Gasteiger partial charge in [0.1, 0.15) is 22.5 Å². The van der Waals surface area contributed by atoms with Crippen LogP contribution in [0.1, 0.15) is 0 Å². The van der Waals surface area contributed by atoms with E-state index in [2.05, 4.69) is 25.6 Å². The Bertz CT molecular complexity index is 762. The number of ether oxygens (including phenoxy) is 1. The van der Waals surface area contributed by atoms with Crippen LogP contribution in [0.3, 0.4) is 0 Å². The summed E-state index contributed by atoms with van der Waals surface area (Å²) in [5.74, 6) is 0.767. The van der Waals surface area contributed by atoms with Crippen molar-refractivity contribution in [3.63, 3.8) is 0 Å². The Morgan fingerprint density at radius 2 is 1.90 bits per heavy atom. The minimum Gasteiger partial charge on any atom is -0.497 e. The summed E-state index contributed by atoms with van der Waals surface area (Å²) < 4.78 is 5.08. The van der Waals surface area contributed by atoms with E-state index >= 15 is 0 Å². The van der Waals surface area contributed by atoms with E-state index in [4.69, 9.17) is 10.5 Å². The Hall–Kier alpha value is -2.96. The Balaban J connectivity index is 1.97. The number of hydrogen-bond donors (Lipinski definition) is 2. The molecule has 0 spiro atoms. The maximum atomic E-state index is 5.91. The summed E-state index contributed by atoms with van der Waals surface area (Å²) in [6.45, 7) is 0. The van der Waals surface area contributed by atoms with Gasteiger partial charge >= 0.3 is 0 Å². The molecule has 1 heterocycles. The molecule has 20 heavy (non-hydrogen) atoms. The molecule has 0 fully saturated rings. The van der Waals surface area contributed by atoms with Crippen molar-refractivity contribution >= 4 is 28.1 Å². The molecule has 0 aliphatic heterocycles. The van der Waals surface area contributed by atoms with E-state index in [9.17, 15) is 0 Å². The third-order valence-electron chi connectivity index (χ3n) is 2.84. The van der Waals surface area contributed by atoms with E-state index in [0.717, 1.165) is 5.75 Å². The van der Waals surface area contributed by atoms with Gasteiger partial charge in [-0.05, 0) is 36.4 Å². The van der Waals surface area contributed by atoms with Gasteiger partial charge in [0.05, 0.1) is 18.5 Å². The summed E-state index contributed by atoms with van der Waals surface area (Å²) in [4.78, 5) is 0. The lowest BCUT2D eigenvalue weighted by molar-refractivity contribution is 0.415. The lowest BCUT2D eigenvalue weighted by atomic mass is 10.2. The summed E-state index contributed by atoms with van der Waals surface area (Å²) in [6, 6.07) is 10.8. The molecule has 3 N–H and O–H groups in total. The van der Waals surface area contributed by atoms with Gasteiger partial charge in [0.25, 0.3) is 0 Å². The van der Waals surface area contributed by atoms with Crippen LogP contribution >= 0.6 is 0 Å². The van der Waals surface area contributed by atoms with Crippen molar-refractivity contribution in [1.82, 2.24) is 15.4 Å². The average molecular weight is 268 g/mol. The zero-order chi connectivity index (χ0) is 13.9. The first-order chi connectivity index (χ1) is 9.78. The number of H-pyrrole nitrogens is 1. The molecule has 0 saturated heterocycles. The second kappa shape index (κ2) is 4.96. The normalized spacial score (nSPS) is 11.2. The highest BCUT2D eigenvalue weighted by atomic mass is 16.5. The second-order valence-corrected chi connectivity index (χ2v) is 4.11. The van der Waals surface area contributed by atoms with Gasteiger partial charge in [-0.25, -0.2) is 0 Å². The van der Waals surface area contributed by atoms with Gasteiger partial charge in [0.15, 0.2) is 0 Å². The zero-order valence-electron chi connectivity index (χ0n) is 10.7. The van der Waals surface area contributed by atoms with E-state index in [-0.39, 0.29) is 0 Å². The number of nitrogens with zero attached hydrogens (tertiary/aromatic N) is 4. The summed E-state index contributed by atoms with van der Waals surface area (Å²) in [6.07, 6.45) is 0. The molecule has 0 aliphatic carbocycles. The molecule has 7 heteroatoms. The number of fused-ring (bicyclic) bond motifs is 1. The van der Waals surface area contributed by atoms with E-state index in [1.165, 1.54) is 0 Å². The monoisotopic (exact) mass is 268 g/mol. The number of benzene rings is 2. The van der Waals surface area contributed by atoms with Gasteiger partial charge in [-0.3, -0.25) is 5.10 Å². The molecular formula is C13H12N6O. The van der Waals surface area contributed by atoms with Crippen molar-refractivity contribution < 1.29 is 4.74 Å². The summed E-state index contributed by atoms with van der Waals surface area (Å²) >= 11 is 0. The van der Waals surface area contributed by atoms with Crippen LogP contribution in [0.5, 0.6) is 5.75 Å². The highest BCUT2D eigenvalue weighted by Crippen LogP contribution is 2.31. The molecule has 3 aromatic rings. The van der Waals surface area contributed by atoms with E-state index in [0.29, 0.717) is 28.1 Å². The van der Waals surface area contributed by atoms with Gasteiger partial charge in [-0.15, -0.1) is 10.2 Å². The molecule has 1 aromatic heterocycles. The quantitative estimate of drug-likeness (QED) is 0.563. The number of methoxy groups -OCH3 is 1. The van der Waals surface area contributed by atoms with Crippen molar-refractivity contribution in [3.05, 3.63) is 36.4 Å². The molecule has 0 amide bonds. The van der Waals surface area contributed by atoms with Crippen LogP contribution in [0, 0.1) is 0 Å². The predicted octanol–water partition coefficient (Wildman–Crippen LogP) is 2.96. The Morgan fingerprint density at radius 3 is 2.65 bits per heavy atom. The molecular weight excluding hydrogens is 256 g/mol. The SMILES string of the molecule is COc1ccc(/N=N/c2c(N)ccc3nn[nH]c23)cc1. The van der Waals surface area contributed by atoms with Crippen molar-refractivity contribution in [3.8, 4) is 5.75 Å². The largest absolute Gasteiger partial charge is 0.497 e. The molecule has 100 valence electrons. The molecule has 0 atom stereocenters. The molecule has 7 nitrogen and oxygen atoms in total. The van der Waals surface area contributed by atoms with Gasteiger partial charge in [0.2, 0.25) is 0 Å². The predicted molar refractivity (Wildman–Crippen MR) is 75.5 cm³/mol. The van der Waals surface area contributed by atoms with Crippen molar-refractivity contribution in [2.75, 3.05) is 12.8 Å². The third kappa shape index (κ3) is 2.16. The number of nitrogen functional groups attached to an aromatic ring is 1. The number of anilines is 1. The Morgan fingerprint density at radius 1 is 1.10 bits per heavy atom. The number of rotatable bonds is 3. The summed E-state index contributed by atoms with van der Waals surface area (Å²) in [5.41, 5.74) is 9.02. The van der Waals surface area contributed by atoms with Gasteiger partial charge in [-0.1, -0.05) is 5.21 Å². The number of aromatic amines is 1. The molecule has 0 aliphatic rings. The minimum atomic E-state index is 0.515. The highest BCUT2D eigenvalue weighted by molar-refractivity contribution is 5.92. The molecule has 3 rings (SSSR count). The van der Waals surface area contributed by atoms with Crippen LogP contribution in [0.25, 0.3) is 11.0 Å². The van der Waals surface area contributed by atoms with Crippen LogP contribution in [0.4, 0.5) is 17.1 Å². The molecule has 0 unspecified atom stereocenters. The van der Waals surface area contributed by atoms with Crippen LogP contribution < -0.4 is 10.5 Å². The van der Waals surface area contributed by atoms with Crippen molar-refractivity contribution in [1.29, 1.82) is 0 Å². The third-order valence-corrected chi connectivity index (χ3v) is 2.84. The first-order valence-corrected chi connectivity index (χ1v) is 5.93. The summed E-state index contributed by atoms with van der Waals surface area (Å²) in [5, 5.41) is 18.8. The topological polar surface area (TPSA) is 102 Å². The van der Waals surface area contributed by atoms with E-state index in [1.54, 1.807) is 19.2 Å². The summed E-state index contributed by atoms with van der Waals surface area (Å²) in [7, 11) is 1.61. The Kier molecular flexibility index (Phi) is 3.00. The van der Waals surface area contributed by atoms with Crippen molar-refractivity contribution in [2.24, 2.45) is 10.2 Å². The first kappa shape index (κ1) is 12.1. The van der Waals surface area contributed by atoms with Crippen molar-refractivity contribution in [2.45, 2.75) is 0 Å². The number of azo groups is 1. The molecule has 0 radical (unpaired) electrons. The standard InChI is InChI=1S/C13H12N6O/c1-20-9-4-2-8(3-5-9)15-17-12-10(14)6-7-11-13(12)18-19-16-11/h2-7H,14H2,1H3,(H,16,18,19)/b17-15+. The molecule has 2 aromatic carbocycles. The van der Waals surface area contributed by atoms with Crippen LogP contribution in [0.2, 0.25) is 0 Å². The molecule has 0 bridgehead atoms. The lowest BCUT2D eigenvalue weighted by Gasteiger charge is -2.00.